The number of carbonyl (C=O) groups excluding carboxylic acids is 1. The fourth-order valence-electron chi connectivity index (χ4n) is 3.75. The zero-order valence-corrected chi connectivity index (χ0v) is 24.2. The van der Waals surface area contributed by atoms with Gasteiger partial charge in [0.25, 0.3) is 5.91 Å². The van der Waals surface area contributed by atoms with Gasteiger partial charge in [-0.15, -0.1) is 0 Å². The Morgan fingerprint density at radius 3 is 2.55 bits per heavy atom. The number of rotatable bonds is 9. The van der Waals surface area contributed by atoms with Crippen LogP contribution in [0.15, 0.2) is 70.6 Å². The molecule has 0 aromatic heterocycles. The highest BCUT2D eigenvalue weighted by atomic mass is 127. The maximum Gasteiger partial charge on any atom is 0.335 e. The number of ether oxygens (including phenoxy) is 2. The van der Waals surface area contributed by atoms with Gasteiger partial charge < -0.3 is 14.6 Å². The Hall–Kier alpha value is -3.31. The molecule has 1 amide bonds. The number of aromatic carboxylic acids is 1. The Bertz CT molecular complexity index is 1420. The third kappa shape index (κ3) is 6.57. The largest absolute Gasteiger partial charge is 0.490 e. The lowest BCUT2D eigenvalue weighted by Gasteiger charge is -2.15. The van der Waals surface area contributed by atoms with E-state index in [1.807, 2.05) is 51.1 Å². The van der Waals surface area contributed by atoms with Crippen LogP contribution < -0.4 is 9.47 Å². The van der Waals surface area contributed by atoms with E-state index < -0.39 is 5.97 Å². The summed E-state index contributed by atoms with van der Waals surface area (Å²) in [5.41, 5.74) is 3.68. The fraction of sp³-hybridized carbons (Fsp3) is 0.207. The van der Waals surface area contributed by atoms with Crippen molar-refractivity contribution in [1.82, 2.24) is 4.90 Å². The summed E-state index contributed by atoms with van der Waals surface area (Å²) in [5.74, 6) is 0.0938. The van der Waals surface area contributed by atoms with Crippen LogP contribution in [0.1, 0.15) is 40.9 Å². The summed E-state index contributed by atoms with van der Waals surface area (Å²) in [7, 11) is 0. The lowest BCUT2D eigenvalue weighted by molar-refractivity contribution is -0.122. The van der Waals surface area contributed by atoms with Crippen LogP contribution in [-0.4, -0.2) is 40.2 Å². The van der Waals surface area contributed by atoms with Crippen molar-refractivity contribution in [3.05, 3.63) is 91.4 Å². The van der Waals surface area contributed by atoms with Crippen LogP contribution in [0, 0.1) is 10.5 Å². The predicted molar refractivity (Wildman–Crippen MR) is 159 cm³/mol. The van der Waals surface area contributed by atoms with Crippen LogP contribution in [0.5, 0.6) is 11.5 Å². The minimum atomic E-state index is -1.03. The molecule has 3 aromatic carbocycles. The van der Waals surface area contributed by atoms with Crippen molar-refractivity contribution in [1.29, 1.82) is 0 Å². The first-order valence-corrected chi connectivity index (χ1v) is 14.0. The predicted octanol–water partition coefficient (Wildman–Crippen LogP) is 6.90. The average Bonchev–Trinajstić information content (AvgIpc) is 3.18. The highest BCUT2D eigenvalue weighted by molar-refractivity contribution is 14.1. The summed E-state index contributed by atoms with van der Waals surface area (Å²) in [5, 5.41) is 9.78. The Morgan fingerprint density at radius 2 is 1.87 bits per heavy atom. The van der Waals surface area contributed by atoms with Gasteiger partial charge in [-0.2, -0.15) is 0 Å². The van der Waals surface area contributed by atoms with Gasteiger partial charge in [0.1, 0.15) is 6.61 Å². The molecular weight excluding hydrogens is 615 g/mol. The molecule has 0 spiro atoms. The molecule has 0 aliphatic carbocycles. The standard InChI is InChI=1S/C29H27IN2O5S/c1-4-32-27(33)25(38-29(32)31-22-8-6-7-21(16-22)28(34)35)15-20-13-23(30)26(24(14-20)36-5-2)37-17-19-11-9-18(3)10-12-19/h6-16H,4-5,17H2,1-3H3,(H,34,35). The van der Waals surface area contributed by atoms with Crippen molar-refractivity contribution in [3.63, 3.8) is 0 Å². The number of amides is 1. The number of nitrogens with zero attached hydrogens (tertiary/aromatic N) is 2. The van der Waals surface area contributed by atoms with E-state index in [0.717, 1.165) is 14.7 Å². The van der Waals surface area contributed by atoms with Gasteiger partial charge in [0.2, 0.25) is 0 Å². The van der Waals surface area contributed by atoms with Crippen molar-refractivity contribution >= 4 is 63.2 Å². The van der Waals surface area contributed by atoms with Gasteiger partial charge in [0, 0.05) is 6.54 Å². The van der Waals surface area contributed by atoms with Crippen LogP contribution in [0.4, 0.5) is 5.69 Å². The molecule has 0 radical (unpaired) electrons. The molecule has 0 atom stereocenters. The average molecular weight is 643 g/mol. The number of carbonyl (C=O) groups is 2. The molecule has 38 heavy (non-hydrogen) atoms. The van der Waals surface area contributed by atoms with E-state index >= 15 is 0 Å². The number of halogens is 1. The molecule has 196 valence electrons. The quantitative estimate of drug-likeness (QED) is 0.202. The first-order valence-electron chi connectivity index (χ1n) is 12.1. The third-order valence-electron chi connectivity index (χ3n) is 5.66. The number of hydrogen-bond donors (Lipinski definition) is 1. The SMILES string of the molecule is CCOc1cc(C=C2SC(=Nc3cccc(C(=O)O)c3)N(CC)C2=O)cc(I)c1OCc1ccc(C)cc1. The summed E-state index contributed by atoms with van der Waals surface area (Å²) < 4.78 is 12.9. The zero-order valence-electron chi connectivity index (χ0n) is 21.2. The molecule has 1 aliphatic heterocycles. The second-order valence-electron chi connectivity index (χ2n) is 8.45. The van der Waals surface area contributed by atoms with Gasteiger partial charge in [-0.1, -0.05) is 35.9 Å². The molecule has 4 rings (SSSR count). The van der Waals surface area contributed by atoms with Crippen LogP contribution in [0.25, 0.3) is 6.08 Å². The minimum absolute atomic E-state index is 0.141. The Labute approximate surface area is 239 Å². The number of hydrogen-bond acceptors (Lipinski definition) is 6. The third-order valence-corrected chi connectivity index (χ3v) is 7.46. The van der Waals surface area contributed by atoms with E-state index in [-0.39, 0.29) is 11.5 Å². The fourth-order valence-corrected chi connectivity index (χ4v) is 5.60. The van der Waals surface area contributed by atoms with Crippen LogP contribution in [-0.2, 0) is 11.4 Å². The Morgan fingerprint density at radius 1 is 1.11 bits per heavy atom. The maximum atomic E-state index is 13.2. The van der Waals surface area contributed by atoms with Crippen molar-refractivity contribution in [3.8, 4) is 11.5 Å². The summed E-state index contributed by atoms with van der Waals surface area (Å²) in [6, 6.07) is 18.4. The number of aryl methyl sites for hydroxylation is 1. The minimum Gasteiger partial charge on any atom is -0.490 e. The molecule has 1 aliphatic rings. The number of likely N-dealkylation sites (N-methyl/N-ethyl adjacent to an activating group) is 1. The molecular formula is C29H27IN2O5S. The lowest BCUT2D eigenvalue weighted by atomic mass is 10.1. The molecule has 9 heteroatoms. The van der Waals surface area contributed by atoms with Gasteiger partial charge >= 0.3 is 5.97 Å². The van der Waals surface area contributed by atoms with E-state index in [1.54, 1.807) is 17.0 Å². The topological polar surface area (TPSA) is 88.4 Å². The monoisotopic (exact) mass is 642 g/mol. The summed E-state index contributed by atoms with van der Waals surface area (Å²) in [4.78, 5) is 31.2. The molecule has 3 aromatic rings. The van der Waals surface area contributed by atoms with E-state index in [2.05, 4.69) is 39.7 Å². The first-order chi connectivity index (χ1) is 18.3. The molecule has 7 nitrogen and oxygen atoms in total. The maximum absolute atomic E-state index is 13.2. The number of thioether (sulfide) groups is 1. The van der Waals surface area contributed by atoms with Crippen LogP contribution >= 0.6 is 34.4 Å². The normalized spacial score (nSPS) is 15.4. The summed E-state index contributed by atoms with van der Waals surface area (Å²) in [6.07, 6.45) is 1.82. The van der Waals surface area contributed by atoms with Gasteiger partial charge in [-0.05, 0) is 103 Å². The zero-order chi connectivity index (χ0) is 27.2. The molecule has 1 N–H and O–H groups in total. The van der Waals surface area contributed by atoms with Crippen molar-refractivity contribution in [2.24, 2.45) is 4.99 Å². The number of aliphatic imine (C=N–C) groups is 1. The van der Waals surface area contributed by atoms with Crippen molar-refractivity contribution in [2.45, 2.75) is 27.4 Å². The van der Waals surface area contributed by atoms with Crippen LogP contribution in [0.3, 0.4) is 0 Å². The second kappa shape index (κ2) is 12.5. The number of carboxylic acid groups (broad SMARTS) is 1. The molecule has 0 bridgehead atoms. The van der Waals surface area contributed by atoms with E-state index in [9.17, 15) is 14.7 Å². The smallest absolute Gasteiger partial charge is 0.335 e. The van der Waals surface area contributed by atoms with Gasteiger partial charge in [-0.25, -0.2) is 9.79 Å². The molecule has 1 fully saturated rings. The van der Waals surface area contributed by atoms with E-state index in [0.29, 0.717) is 47.0 Å². The number of carboxylic acids is 1. The second-order valence-corrected chi connectivity index (χ2v) is 10.6. The Balaban J connectivity index is 1.61. The van der Waals surface area contributed by atoms with Gasteiger partial charge in [0.15, 0.2) is 16.7 Å². The summed E-state index contributed by atoms with van der Waals surface area (Å²) >= 11 is 3.48. The van der Waals surface area contributed by atoms with Gasteiger partial charge in [0.05, 0.1) is 26.3 Å². The van der Waals surface area contributed by atoms with Crippen molar-refractivity contribution < 1.29 is 24.2 Å². The molecule has 1 heterocycles. The lowest BCUT2D eigenvalue weighted by Crippen LogP contribution is -2.28. The highest BCUT2D eigenvalue weighted by Gasteiger charge is 2.32. The number of benzene rings is 3. The summed E-state index contributed by atoms with van der Waals surface area (Å²) in [6.45, 7) is 7.17. The van der Waals surface area contributed by atoms with Crippen molar-refractivity contribution in [2.75, 3.05) is 13.2 Å². The van der Waals surface area contributed by atoms with E-state index in [1.165, 1.54) is 29.5 Å². The first kappa shape index (κ1) is 27.7. The molecule has 0 unspecified atom stereocenters. The van der Waals surface area contributed by atoms with Crippen LogP contribution in [0.2, 0.25) is 0 Å². The Kier molecular flexibility index (Phi) is 9.11. The molecule has 0 saturated carbocycles. The van der Waals surface area contributed by atoms with E-state index in [4.69, 9.17) is 9.47 Å². The molecule has 1 saturated heterocycles. The highest BCUT2D eigenvalue weighted by Crippen LogP contribution is 2.38. The number of amidine groups is 1. The van der Waals surface area contributed by atoms with Gasteiger partial charge in [-0.3, -0.25) is 9.69 Å².